The molecule has 130 valence electrons. The topological polar surface area (TPSA) is 35.3 Å². The maximum absolute atomic E-state index is 5.95. The van der Waals surface area contributed by atoms with Crippen molar-refractivity contribution in [1.29, 1.82) is 0 Å². The van der Waals surface area contributed by atoms with Crippen LogP contribution < -0.4 is 0 Å². The van der Waals surface area contributed by atoms with Gasteiger partial charge in [0.05, 0.1) is 11.8 Å². The molecule has 0 amide bonds. The SMILES string of the molecule is CCOC(CCc1nc(-c2ccccc2)oc1C)c1ccc(Br)cc1. The average molecular weight is 400 g/mol. The van der Waals surface area contributed by atoms with Crippen LogP contribution in [0.3, 0.4) is 0 Å². The lowest BCUT2D eigenvalue weighted by molar-refractivity contribution is 0.0562. The zero-order chi connectivity index (χ0) is 17.6. The number of hydrogen-bond acceptors (Lipinski definition) is 3. The van der Waals surface area contributed by atoms with Crippen molar-refractivity contribution in [2.75, 3.05) is 6.61 Å². The Kier molecular flexibility index (Phi) is 6.05. The van der Waals surface area contributed by atoms with Crippen molar-refractivity contribution in [1.82, 2.24) is 4.98 Å². The number of nitrogens with zero attached hydrogens (tertiary/aromatic N) is 1. The Morgan fingerprint density at radius 1 is 1.08 bits per heavy atom. The van der Waals surface area contributed by atoms with Crippen LogP contribution in [-0.4, -0.2) is 11.6 Å². The Hall–Kier alpha value is -1.91. The van der Waals surface area contributed by atoms with Gasteiger partial charge in [0, 0.05) is 16.6 Å². The van der Waals surface area contributed by atoms with Crippen molar-refractivity contribution >= 4 is 15.9 Å². The quantitative estimate of drug-likeness (QED) is 0.479. The fraction of sp³-hybridized carbons (Fsp3) is 0.286. The minimum absolute atomic E-state index is 0.0642. The second kappa shape index (κ2) is 8.45. The molecule has 0 aliphatic rings. The molecule has 25 heavy (non-hydrogen) atoms. The minimum Gasteiger partial charge on any atom is -0.441 e. The maximum Gasteiger partial charge on any atom is 0.226 e. The fourth-order valence-electron chi connectivity index (χ4n) is 2.86. The molecule has 1 heterocycles. The van der Waals surface area contributed by atoms with Gasteiger partial charge in [-0.15, -0.1) is 0 Å². The van der Waals surface area contributed by atoms with Gasteiger partial charge in [-0.3, -0.25) is 0 Å². The van der Waals surface area contributed by atoms with Gasteiger partial charge in [-0.2, -0.15) is 0 Å². The van der Waals surface area contributed by atoms with E-state index in [0.717, 1.165) is 34.3 Å². The smallest absolute Gasteiger partial charge is 0.226 e. The summed E-state index contributed by atoms with van der Waals surface area (Å²) in [5, 5.41) is 0. The van der Waals surface area contributed by atoms with Crippen LogP contribution in [0.5, 0.6) is 0 Å². The van der Waals surface area contributed by atoms with Crippen LogP contribution >= 0.6 is 15.9 Å². The minimum atomic E-state index is 0.0642. The zero-order valence-electron chi connectivity index (χ0n) is 14.5. The highest BCUT2D eigenvalue weighted by Crippen LogP contribution is 2.27. The summed E-state index contributed by atoms with van der Waals surface area (Å²) >= 11 is 3.48. The average Bonchev–Trinajstić information content (AvgIpc) is 3.01. The van der Waals surface area contributed by atoms with E-state index < -0.39 is 0 Å². The number of rotatable bonds is 7. The van der Waals surface area contributed by atoms with Crippen molar-refractivity contribution in [3.63, 3.8) is 0 Å². The Morgan fingerprint density at radius 2 is 1.80 bits per heavy atom. The molecule has 0 fully saturated rings. The van der Waals surface area contributed by atoms with E-state index in [9.17, 15) is 0 Å². The van der Waals surface area contributed by atoms with Gasteiger partial charge in [0.25, 0.3) is 0 Å². The Morgan fingerprint density at radius 3 is 2.48 bits per heavy atom. The summed E-state index contributed by atoms with van der Waals surface area (Å²) in [5.41, 5.74) is 3.20. The van der Waals surface area contributed by atoms with Crippen molar-refractivity contribution in [2.45, 2.75) is 32.8 Å². The number of halogens is 1. The van der Waals surface area contributed by atoms with E-state index in [4.69, 9.17) is 14.1 Å². The number of oxazole rings is 1. The van der Waals surface area contributed by atoms with Gasteiger partial charge in [0.2, 0.25) is 5.89 Å². The summed E-state index contributed by atoms with van der Waals surface area (Å²) < 4.78 is 12.9. The summed E-state index contributed by atoms with van der Waals surface area (Å²) in [6, 6.07) is 18.3. The maximum atomic E-state index is 5.95. The highest BCUT2D eigenvalue weighted by Gasteiger charge is 2.16. The van der Waals surface area contributed by atoms with Gasteiger partial charge >= 0.3 is 0 Å². The summed E-state index contributed by atoms with van der Waals surface area (Å²) in [7, 11) is 0. The molecule has 0 bridgehead atoms. The summed E-state index contributed by atoms with van der Waals surface area (Å²) in [6.45, 7) is 4.69. The van der Waals surface area contributed by atoms with Crippen LogP contribution in [0.25, 0.3) is 11.5 Å². The van der Waals surface area contributed by atoms with Crippen molar-refractivity contribution < 1.29 is 9.15 Å². The largest absolute Gasteiger partial charge is 0.441 e. The molecule has 0 aliphatic heterocycles. The van der Waals surface area contributed by atoms with E-state index >= 15 is 0 Å². The standard InChI is InChI=1S/C21H22BrNO2/c1-3-24-20(16-9-11-18(22)12-10-16)14-13-19-15(2)25-21(23-19)17-7-5-4-6-8-17/h4-12,20H,3,13-14H2,1-2H3. The first-order valence-corrected chi connectivity index (χ1v) is 9.35. The normalized spacial score (nSPS) is 12.3. The molecule has 3 nitrogen and oxygen atoms in total. The molecule has 3 rings (SSSR count). The molecule has 0 saturated heterocycles. The number of aromatic nitrogens is 1. The van der Waals surface area contributed by atoms with E-state index in [1.54, 1.807) is 0 Å². The molecular weight excluding hydrogens is 378 g/mol. The Labute approximate surface area is 157 Å². The molecule has 0 aliphatic carbocycles. The first kappa shape index (κ1) is 17.9. The number of hydrogen-bond donors (Lipinski definition) is 0. The fourth-order valence-corrected chi connectivity index (χ4v) is 3.12. The molecule has 3 aromatic rings. The highest BCUT2D eigenvalue weighted by molar-refractivity contribution is 9.10. The van der Waals surface area contributed by atoms with Crippen LogP contribution in [0.2, 0.25) is 0 Å². The highest BCUT2D eigenvalue weighted by atomic mass is 79.9. The molecule has 0 radical (unpaired) electrons. The summed E-state index contributed by atoms with van der Waals surface area (Å²) in [5.74, 6) is 1.56. The first-order chi connectivity index (χ1) is 12.2. The Balaban J connectivity index is 1.73. The van der Waals surface area contributed by atoms with Crippen LogP contribution in [0.1, 0.15) is 36.5 Å². The van der Waals surface area contributed by atoms with Crippen LogP contribution in [-0.2, 0) is 11.2 Å². The van der Waals surface area contributed by atoms with Gasteiger partial charge in [0.15, 0.2) is 0 Å². The van der Waals surface area contributed by atoms with Gasteiger partial charge in [-0.25, -0.2) is 4.98 Å². The second-order valence-corrected chi connectivity index (χ2v) is 6.84. The van der Waals surface area contributed by atoms with E-state index in [2.05, 4.69) is 40.2 Å². The van der Waals surface area contributed by atoms with Crippen LogP contribution in [0.15, 0.2) is 63.5 Å². The van der Waals surface area contributed by atoms with Crippen molar-refractivity contribution in [2.24, 2.45) is 0 Å². The second-order valence-electron chi connectivity index (χ2n) is 5.92. The number of benzene rings is 2. The predicted molar refractivity (Wildman–Crippen MR) is 104 cm³/mol. The number of aryl methyl sites for hydroxylation is 2. The third kappa shape index (κ3) is 4.59. The summed E-state index contributed by atoms with van der Waals surface area (Å²) in [4.78, 5) is 4.69. The Bertz CT molecular complexity index is 797. The van der Waals surface area contributed by atoms with Gasteiger partial charge in [0.1, 0.15) is 5.76 Å². The zero-order valence-corrected chi connectivity index (χ0v) is 16.1. The predicted octanol–water partition coefficient (Wildman–Crippen LogP) is 6.12. The molecule has 1 atom stereocenters. The van der Waals surface area contributed by atoms with Crippen molar-refractivity contribution in [3.05, 3.63) is 76.1 Å². The molecule has 0 saturated carbocycles. The molecular formula is C21H22BrNO2. The van der Waals surface area contributed by atoms with E-state index in [1.165, 1.54) is 5.56 Å². The van der Waals surface area contributed by atoms with E-state index in [-0.39, 0.29) is 6.10 Å². The van der Waals surface area contributed by atoms with Gasteiger partial charge in [-0.05, 0) is 56.5 Å². The molecule has 1 aromatic heterocycles. The van der Waals surface area contributed by atoms with Gasteiger partial charge < -0.3 is 9.15 Å². The molecule has 1 unspecified atom stereocenters. The number of ether oxygens (including phenoxy) is 1. The lowest BCUT2D eigenvalue weighted by atomic mass is 10.0. The summed E-state index contributed by atoms with van der Waals surface area (Å²) in [6.07, 6.45) is 1.76. The molecule has 4 heteroatoms. The van der Waals surface area contributed by atoms with Gasteiger partial charge in [-0.1, -0.05) is 46.3 Å². The lowest BCUT2D eigenvalue weighted by Crippen LogP contribution is -2.06. The van der Waals surface area contributed by atoms with E-state index in [0.29, 0.717) is 12.5 Å². The first-order valence-electron chi connectivity index (χ1n) is 8.56. The van der Waals surface area contributed by atoms with Crippen molar-refractivity contribution in [3.8, 4) is 11.5 Å². The monoisotopic (exact) mass is 399 g/mol. The molecule has 0 N–H and O–H groups in total. The third-order valence-corrected chi connectivity index (χ3v) is 4.70. The van der Waals surface area contributed by atoms with Crippen LogP contribution in [0.4, 0.5) is 0 Å². The third-order valence-electron chi connectivity index (χ3n) is 4.17. The molecule has 0 spiro atoms. The lowest BCUT2D eigenvalue weighted by Gasteiger charge is -2.17. The van der Waals surface area contributed by atoms with Crippen LogP contribution in [0, 0.1) is 6.92 Å². The molecule has 2 aromatic carbocycles. The van der Waals surface area contributed by atoms with E-state index in [1.807, 2.05) is 44.2 Å².